The van der Waals surface area contributed by atoms with Gasteiger partial charge in [0, 0.05) is 30.7 Å². The zero-order valence-corrected chi connectivity index (χ0v) is 19.3. The molecule has 1 amide bonds. The third-order valence-corrected chi connectivity index (χ3v) is 6.34. The van der Waals surface area contributed by atoms with Gasteiger partial charge in [0.15, 0.2) is 0 Å². The predicted octanol–water partition coefficient (Wildman–Crippen LogP) is 4.34. The molecule has 0 saturated heterocycles. The average molecular weight is 469 g/mol. The first kappa shape index (κ1) is 22.7. The Balaban J connectivity index is 1.66. The number of halogens is 1. The highest BCUT2D eigenvalue weighted by Crippen LogP contribution is 2.31. The normalized spacial score (nSPS) is 11.7. The number of thiophene rings is 1. The highest BCUT2D eigenvalue weighted by molar-refractivity contribution is 7.17. The van der Waals surface area contributed by atoms with Crippen molar-refractivity contribution >= 4 is 45.6 Å². The molecule has 0 fully saturated rings. The number of nitrogens with two attached hydrogens (primary N) is 1. The fourth-order valence-corrected chi connectivity index (χ4v) is 4.34. The molecule has 3 heterocycles. The lowest BCUT2D eigenvalue weighted by Crippen LogP contribution is -2.22. The van der Waals surface area contributed by atoms with Gasteiger partial charge in [0.1, 0.15) is 0 Å². The molecule has 0 atom stereocenters. The summed E-state index contributed by atoms with van der Waals surface area (Å²) in [6.45, 7) is 3.90. The van der Waals surface area contributed by atoms with Crippen molar-refractivity contribution in [2.75, 3.05) is 23.4 Å². The first-order valence-electron chi connectivity index (χ1n) is 10.4. The zero-order valence-electron chi connectivity index (χ0n) is 18.5. The number of aliphatic hydroxyl groups is 1. The molecule has 5 N–H and O–H groups in total. The van der Waals surface area contributed by atoms with Crippen LogP contribution < -0.4 is 16.4 Å². The first-order chi connectivity index (χ1) is 15.6. The van der Waals surface area contributed by atoms with Gasteiger partial charge in [0.2, 0.25) is 11.9 Å². The summed E-state index contributed by atoms with van der Waals surface area (Å²) >= 11 is 1.25. The van der Waals surface area contributed by atoms with E-state index in [1.807, 2.05) is 10.6 Å². The number of aryl methyl sites for hydroxylation is 1. The number of anilines is 3. The number of nitrogen functional groups attached to an aromatic ring is 1. The van der Waals surface area contributed by atoms with Crippen LogP contribution in [0.15, 0.2) is 42.6 Å². The van der Waals surface area contributed by atoms with E-state index in [0.29, 0.717) is 40.6 Å². The quantitative estimate of drug-likeness (QED) is 0.237. The number of carbonyl (C=O) groups excluding carboxylic acids is 1. The number of hydrogen-bond donors (Lipinski definition) is 4. The Morgan fingerprint density at radius 1 is 1.27 bits per heavy atom. The van der Waals surface area contributed by atoms with Gasteiger partial charge in [0.25, 0.3) is 5.91 Å². The summed E-state index contributed by atoms with van der Waals surface area (Å²) < 4.78 is 15.3. The van der Waals surface area contributed by atoms with Crippen molar-refractivity contribution in [1.29, 1.82) is 0 Å². The van der Waals surface area contributed by atoms with Gasteiger partial charge >= 0.3 is 0 Å². The Bertz CT molecular complexity index is 1320. The molecule has 0 aliphatic heterocycles. The molecule has 4 aromatic rings. The largest absolute Gasteiger partial charge is 0.397 e. The van der Waals surface area contributed by atoms with Gasteiger partial charge in [-0.3, -0.25) is 10.1 Å². The van der Waals surface area contributed by atoms with E-state index >= 15 is 0 Å². The van der Waals surface area contributed by atoms with Crippen molar-refractivity contribution in [2.45, 2.75) is 32.4 Å². The minimum absolute atomic E-state index is 0.331. The lowest BCUT2D eigenvalue weighted by Gasteiger charge is -2.18. The van der Waals surface area contributed by atoms with Gasteiger partial charge < -0.3 is 20.7 Å². The molecular formula is C23H25FN6O2S. The molecule has 10 heteroatoms. The fourth-order valence-electron chi connectivity index (χ4n) is 3.44. The standard InChI is InChI=1S/C23H25FN6O2S/c1-23(2,32)7-9-30-17-12-15(26-3)14(25)11-16(17)28-22(30)29-21(31)19-5-4-18(33-19)13-6-8-27-20(24)10-13/h4-6,8,10-12,26,32H,7,9,25H2,1-3H3,(H,28,29,31). The molecular weight excluding hydrogens is 443 g/mol. The summed E-state index contributed by atoms with van der Waals surface area (Å²) in [5, 5.41) is 16.2. The van der Waals surface area contributed by atoms with E-state index in [9.17, 15) is 14.3 Å². The molecule has 0 radical (unpaired) electrons. The lowest BCUT2D eigenvalue weighted by atomic mass is 10.1. The number of benzene rings is 1. The van der Waals surface area contributed by atoms with Crippen LogP contribution in [-0.4, -0.2) is 38.2 Å². The van der Waals surface area contributed by atoms with Crippen molar-refractivity contribution < 1.29 is 14.3 Å². The molecule has 172 valence electrons. The van der Waals surface area contributed by atoms with Crippen LogP contribution >= 0.6 is 11.3 Å². The lowest BCUT2D eigenvalue weighted by molar-refractivity contribution is 0.0667. The van der Waals surface area contributed by atoms with Gasteiger partial charge in [-0.25, -0.2) is 9.97 Å². The number of nitrogens with zero attached hydrogens (tertiary/aromatic N) is 3. The maximum Gasteiger partial charge on any atom is 0.268 e. The summed E-state index contributed by atoms with van der Waals surface area (Å²) in [6.07, 6.45) is 1.84. The topological polar surface area (TPSA) is 118 Å². The second-order valence-corrected chi connectivity index (χ2v) is 9.40. The van der Waals surface area contributed by atoms with Crippen molar-refractivity contribution in [1.82, 2.24) is 14.5 Å². The molecule has 0 spiro atoms. The van der Waals surface area contributed by atoms with Crippen molar-refractivity contribution in [3.8, 4) is 10.4 Å². The summed E-state index contributed by atoms with van der Waals surface area (Å²) in [5.41, 5.74) is 8.57. The van der Waals surface area contributed by atoms with Crippen LogP contribution in [-0.2, 0) is 6.54 Å². The van der Waals surface area contributed by atoms with Crippen LogP contribution in [0.2, 0.25) is 0 Å². The fraction of sp³-hybridized carbons (Fsp3) is 0.261. The monoisotopic (exact) mass is 468 g/mol. The van der Waals surface area contributed by atoms with E-state index in [2.05, 4.69) is 20.6 Å². The molecule has 0 unspecified atom stereocenters. The second kappa shape index (κ2) is 8.80. The van der Waals surface area contributed by atoms with Gasteiger partial charge in [-0.1, -0.05) is 0 Å². The number of nitrogens with one attached hydrogen (secondary N) is 2. The van der Waals surface area contributed by atoms with E-state index in [-0.39, 0.29) is 5.91 Å². The van der Waals surface area contributed by atoms with Crippen LogP contribution in [0.3, 0.4) is 0 Å². The number of carbonyl (C=O) groups is 1. The van der Waals surface area contributed by atoms with Gasteiger partial charge in [-0.05, 0) is 56.2 Å². The van der Waals surface area contributed by atoms with Gasteiger partial charge in [-0.2, -0.15) is 4.39 Å². The Hall–Kier alpha value is -3.50. The SMILES string of the molecule is CNc1cc2c(cc1N)nc(NC(=O)c1ccc(-c3ccnc(F)c3)s1)n2CCC(C)(C)O. The maximum atomic E-state index is 13.5. The van der Waals surface area contributed by atoms with Crippen LogP contribution in [0.4, 0.5) is 21.7 Å². The minimum Gasteiger partial charge on any atom is -0.397 e. The number of fused-ring (bicyclic) bond motifs is 1. The van der Waals surface area contributed by atoms with Crippen molar-refractivity contribution in [2.24, 2.45) is 0 Å². The number of amides is 1. The van der Waals surface area contributed by atoms with Crippen LogP contribution in [0.1, 0.15) is 29.9 Å². The van der Waals surface area contributed by atoms with E-state index in [1.54, 1.807) is 45.2 Å². The summed E-state index contributed by atoms with van der Waals surface area (Å²) in [5.74, 6) is -0.549. The molecule has 33 heavy (non-hydrogen) atoms. The third kappa shape index (κ3) is 4.96. The first-order valence-corrected chi connectivity index (χ1v) is 11.2. The smallest absolute Gasteiger partial charge is 0.268 e. The van der Waals surface area contributed by atoms with E-state index in [4.69, 9.17) is 5.73 Å². The average Bonchev–Trinajstić information content (AvgIpc) is 3.36. The van der Waals surface area contributed by atoms with Gasteiger partial charge in [0.05, 0.1) is 32.9 Å². The Morgan fingerprint density at radius 3 is 2.76 bits per heavy atom. The van der Waals surface area contributed by atoms with Crippen LogP contribution in [0, 0.1) is 5.95 Å². The molecule has 0 bridgehead atoms. The Labute approximate surface area is 194 Å². The maximum absolute atomic E-state index is 13.5. The minimum atomic E-state index is -0.889. The van der Waals surface area contributed by atoms with Crippen LogP contribution in [0.25, 0.3) is 21.5 Å². The summed E-state index contributed by atoms with van der Waals surface area (Å²) in [6, 6.07) is 10.1. The number of hydrogen-bond acceptors (Lipinski definition) is 7. The number of imidazole rings is 1. The zero-order chi connectivity index (χ0) is 23.8. The van der Waals surface area contributed by atoms with Crippen LogP contribution in [0.5, 0.6) is 0 Å². The van der Waals surface area contributed by atoms with Crippen molar-refractivity contribution in [3.05, 3.63) is 53.4 Å². The molecule has 0 aliphatic rings. The van der Waals surface area contributed by atoms with E-state index < -0.39 is 11.5 Å². The summed E-state index contributed by atoms with van der Waals surface area (Å²) in [7, 11) is 1.78. The molecule has 3 aromatic heterocycles. The summed E-state index contributed by atoms with van der Waals surface area (Å²) in [4.78, 5) is 22.4. The molecule has 1 aromatic carbocycles. The Kier molecular flexibility index (Phi) is 6.05. The molecule has 0 aliphatic carbocycles. The number of pyridine rings is 1. The predicted molar refractivity (Wildman–Crippen MR) is 130 cm³/mol. The molecule has 0 saturated carbocycles. The molecule has 4 rings (SSSR count). The Morgan fingerprint density at radius 2 is 2.06 bits per heavy atom. The highest BCUT2D eigenvalue weighted by Gasteiger charge is 2.20. The van der Waals surface area contributed by atoms with E-state index in [1.165, 1.54) is 23.6 Å². The number of aromatic nitrogens is 3. The number of rotatable bonds is 7. The second-order valence-electron chi connectivity index (χ2n) is 8.31. The van der Waals surface area contributed by atoms with Crippen molar-refractivity contribution in [3.63, 3.8) is 0 Å². The van der Waals surface area contributed by atoms with Gasteiger partial charge in [-0.15, -0.1) is 11.3 Å². The third-order valence-electron chi connectivity index (χ3n) is 5.20. The van der Waals surface area contributed by atoms with E-state index in [0.717, 1.165) is 16.1 Å². The highest BCUT2D eigenvalue weighted by atomic mass is 32.1. The molecule has 8 nitrogen and oxygen atoms in total.